The summed E-state index contributed by atoms with van der Waals surface area (Å²) in [7, 11) is 0. The highest BCUT2D eigenvalue weighted by molar-refractivity contribution is 5.92. The SMILES string of the molecule is O=C1CC[C@@]2(CCCN(C(=O)c3ccc[nH]3)C2)CN1CCO. The fraction of sp³-hybridized carbons (Fsp3) is 0.625. The van der Waals surface area contributed by atoms with Gasteiger partial charge in [0.25, 0.3) is 5.91 Å². The zero-order chi connectivity index (χ0) is 15.6. The molecule has 2 fully saturated rings. The molecule has 2 saturated heterocycles. The van der Waals surface area contributed by atoms with E-state index in [4.69, 9.17) is 5.11 Å². The van der Waals surface area contributed by atoms with Crippen LogP contribution in [0, 0.1) is 5.41 Å². The second-order valence-electron chi connectivity index (χ2n) is 6.45. The number of rotatable bonds is 3. The second-order valence-corrected chi connectivity index (χ2v) is 6.45. The second kappa shape index (κ2) is 6.12. The van der Waals surface area contributed by atoms with Crippen molar-refractivity contribution in [2.75, 3.05) is 32.8 Å². The van der Waals surface area contributed by atoms with Crippen molar-refractivity contribution in [2.24, 2.45) is 5.41 Å². The molecule has 0 bridgehead atoms. The summed E-state index contributed by atoms with van der Waals surface area (Å²) in [5.74, 6) is 0.155. The van der Waals surface area contributed by atoms with Gasteiger partial charge in [-0.2, -0.15) is 0 Å². The average Bonchev–Trinajstić information content (AvgIpc) is 3.05. The van der Waals surface area contributed by atoms with Crippen LogP contribution in [0.1, 0.15) is 36.2 Å². The van der Waals surface area contributed by atoms with Gasteiger partial charge in [0.2, 0.25) is 5.91 Å². The molecule has 0 unspecified atom stereocenters. The molecule has 0 radical (unpaired) electrons. The summed E-state index contributed by atoms with van der Waals surface area (Å²) in [5.41, 5.74) is 0.611. The Bertz CT molecular complexity index is 543. The van der Waals surface area contributed by atoms with Crippen molar-refractivity contribution >= 4 is 11.8 Å². The number of aromatic amines is 1. The van der Waals surface area contributed by atoms with Gasteiger partial charge in [-0.15, -0.1) is 0 Å². The van der Waals surface area contributed by atoms with Crippen LogP contribution in [-0.2, 0) is 4.79 Å². The van der Waals surface area contributed by atoms with Crippen LogP contribution in [-0.4, -0.2) is 64.5 Å². The van der Waals surface area contributed by atoms with E-state index in [1.807, 2.05) is 11.0 Å². The van der Waals surface area contributed by atoms with Crippen LogP contribution in [0.25, 0.3) is 0 Å². The molecule has 1 spiro atoms. The quantitative estimate of drug-likeness (QED) is 0.869. The Morgan fingerprint density at radius 1 is 1.36 bits per heavy atom. The molecule has 3 rings (SSSR count). The molecule has 2 aliphatic heterocycles. The van der Waals surface area contributed by atoms with Crippen LogP contribution in [0.4, 0.5) is 0 Å². The number of carbonyl (C=O) groups is 2. The molecule has 0 saturated carbocycles. The van der Waals surface area contributed by atoms with Crippen LogP contribution in [0.15, 0.2) is 18.3 Å². The van der Waals surface area contributed by atoms with E-state index >= 15 is 0 Å². The summed E-state index contributed by atoms with van der Waals surface area (Å²) >= 11 is 0. The fourth-order valence-corrected chi connectivity index (χ4v) is 3.77. The van der Waals surface area contributed by atoms with E-state index in [-0.39, 0.29) is 23.8 Å². The van der Waals surface area contributed by atoms with E-state index in [2.05, 4.69) is 4.98 Å². The van der Waals surface area contributed by atoms with E-state index in [0.29, 0.717) is 31.7 Å². The maximum atomic E-state index is 12.5. The molecule has 22 heavy (non-hydrogen) atoms. The highest BCUT2D eigenvalue weighted by Gasteiger charge is 2.42. The molecular weight excluding hydrogens is 282 g/mol. The monoisotopic (exact) mass is 305 g/mol. The van der Waals surface area contributed by atoms with Gasteiger partial charge in [0, 0.05) is 44.2 Å². The first kappa shape index (κ1) is 15.1. The Hall–Kier alpha value is -1.82. The van der Waals surface area contributed by atoms with Crippen molar-refractivity contribution in [1.82, 2.24) is 14.8 Å². The van der Waals surface area contributed by atoms with E-state index in [1.165, 1.54) is 0 Å². The third kappa shape index (κ3) is 2.88. The number of nitrogens with zero attached hydrogens (tertiary/aromatic N) is 2. The maximum Gasteiger partial charge on any atom is 0.270 e. The van der Waals surface area contributed by atoms with Crippen molar-refractivity contribution in [3.8, 4) is 0 Å². The van der Waals surface area contributed by atoms with E-state index in [0.717, 1.165) is 25.8 Å². The minimum atomic E-state index is -0.0103. The Labute approximate surface area is 130 Å². The number of hydrogen-bond donors (Lipinski definition) is 2. The van der Waals surface area contributed by atoms with Crippen LogP contribution in [0.2, 0.25) is 0 Å². The molecule has 2 aliphatic rings. The molecule has 1 aromatic heterocycles. The minimum absolute atomic E-state index is 0.00700. The molecular formula is C16H23N3O3. The summed E-state index contributed by atoms with van der Waals surface area (Å²) < 4.78 is 0. The van der Waals surface area contributed by atoms with Gasteiger partial charge in [0.05, 0.1) is 6.61 Å². The van der Waals surface area contributed by atoms with Gasteiger partial charge in [-0.25, -0.2) is 0 Å². The normalized spacial score (nSPS) is 25.8. The van der Waals surface area contributed by atoms with Gasteiger partial charge in [0.15, 0.2) is 0 Å². The van der Waals surface area contributed by atoms with Crippen LogP contribution < -0.4 is 0 Å². The third-order valence-electron chi connectivity index (χ3n) is 4.90. The highest BCUT2D eigenvalue weighted by Crippen LogP contribution is 2.39. The average molecular weight is 305 g/mol. The number of amides is 2. The van der Waals surface area contributed by atoms with Crippen LogP contribution in [0.3, 0.4) is 0 Å². The predicted octanol–water partition coefficient (Wildman–Crippen LogP) is 0.852. The number of H-pyrrole nitrogens is 1. The molecule has 2 amide bonds. The predicted molar refractivity (Wildman–Crippen MR) is 81.3 cm³/mol. The first-order valence-corrected chi connectivity index (χ1v) is 7.95. The number of nitrogens with one attached hydrogen (secondary N) is 1. The van der Waals surface area contributed by atoms with Gasteiger partial charge < -0.3 is 19.9 Å². The van der Waals surface area contributed by atoms with Gasteiger partial charge >= 0.3 is 0 Å². The van der Waals surface area contributed by atoms with Gasteiger partial charge in [-0.1, -0.05) is 0 Å². The number of aliphatic hydroxyl groups excluding tert-OH is 1. The van der Waals surface area contributed by atoms with Gasteiger partial charge in [0.1, 0.15) is 5.69 Å². The summed E-state index contributed by atoms with van der Waals surface area (Å²) in [4.78, 5) is 31.1. The van der Waals surface area contributed by atoms with Crippen molar-refractivity contribution in [2.45, 2.75) is 25.7 Å². The summed E-state index contributed by atoms with van der Waals surface area (Å²) in [5, 5.41) is 9.13. The molecule has 1 atom stereocenters. The number of aromatic nitrogens is 1. The van der Waals surface area contributed by atoms with Crippen molar-refractivity contribution in [3.05, 3.63) is 24.0 Å². The lowest BCUT2D eigenvalue weighted by Crippen LogP contribution is -2.55. The molecule has 120 valence electrons. The van der Waals surface area contributed by atoms with Gasteiger partial charge in [-0.3, -0.25) is 9.59 Å². The van der Waals surface area contributed by atoms with Crippen LogP contribution >= 0.6 is 0 Å². The van der Waals surface area contributed by atoms with E-state index in [9.17, 15) is 9.59 Å². The molecule has 6 heteroatoms. The smallest absolute Gasteiger partial charge is 0.270 e. The third-order valence-corrected chi connectivity index (χ3v) is 4.90. The maximum absolute atomic E-state index is 12.5. The van der Waals surface area contributed by atoms with E-state index in [1.54, 1.807) is 17.2 Å². The standard InChI is InChI=1S/C16H23N3O3/c20-10-9-18-11-16(6-4-14(18)21)5-2-8-19(12-16)15(22)13-3-1-7-17-13/h1,3,7,17,20H,2,4-6,8-12H2/t16-/m0/s1. The summed E-state index contributed by atoms with van der Waals surface area (Å²) in [6, 6.07) is 3.63. The Balaban J connectivity index is 1.72. The summed E-state index contributed by atoms with van der Waals surface area (Å²) in [6.07, 6.45) is 5.12. The zero-order valence-electron chi connectivity index (χ0n) is 12.8. The van der Waals surface area contributed by atoms with Gasteiger partial charge in [-0.05, 0) is 31.4 Å². The lowest BCUT2D eigenvalue weighted by molar-refractivity contribution is -0.139. The number of likely N-dealkylation sites (tertiary alicyclic amines) is 2. The number of aliphatic hydroxyl groups is 1. The first-order valence-electron chi connectivity index (χ1n) is 7.95. The van der Waals surface area contributed by atoms with E-state index < -0.39 is 0 Å². The van der Waals surface area contributed by atoms with Crippen molar-refractivity contribution in [3.63, 3.8) is 0 Å². The summed E-state index contributed by atoms with van der Waals surface area (Å²) in [6.45, 7) is 2.51. The molecule has 2 N–H and O–H groups in total. The Morgan fingerprint density at radius 2 is 2.23 bits per heavy atom. The number of β-amino-alcohol motifs (C(OH)–C–C–N with tert-alkyl or cyclic N) is 1. The minimum Gasteiger partial charge on any atom is -0.395 e. The highest BCUT2D eigenvalue weighted by atomic mass is 16.3. The molecule has 0 aromatic carbocycles. The Kier molecular flexibility index (Phi) is 4.20. The molecule has 0 aliphatic carbocycles. The van der Waals surface area contributed by atoms with Crippen LogP contribution in [0.5, 0.6) is 0 Å². The largest absolute Gasteiger partial charge is 0.395 e. The Morgan fingerprint density at radius 3 is 2.95 bits per heavy atom. The lowest BCUT2D eigenvalue weighted by atomic mass is 9.73. The molecule has 1 aromatic rings. The molecule has 6 nitrogen and oxygen atoms in total. The lowest BCUT2D eigenvalue weighted by Gasteiger charge is -2.48. The zero-order valence-corrected chi connectivity index (χ0v) is 12.8. The fourth-order valence-electron chi connectivity index (χ4n) is 3.77. The number of carbonyl (C=O) groups excluding carboxylic acids is 2. The van der Waals surface area contributed by atoms with Crippen molar-refractivity contribution in [1.29, 1.82) is 0 Å². The van der Waals surface area contributed by atoms with Crippen molar-refractivity contribution < 1.29 is 14.7 Å². The molecule has 3 heterocycles. The first-order chi connectivity index (χ1) is 10.6. The number of hydrogen-bond acceptors (Lipinski definition) is 3. The number of piperidine rings is 2. The topological polar surface area (TPSA) is 76.6 Å².